The molecular formula is C27H24ClF4N5O2. The van der Waals surface area contributed by atoms with Crippen LogP contribution in [0.1, 0.15) is 5.56 Å². The summed E-state index contributed by atoms with van der Waals surface area (Å²) >= 11 is 0. The summed E-state index contributed by atoms with van der Waals surface area (Å²) in [4.78, 5) is 14.5. The van der Waals surface area contributed by atoms with Crippen molar-refractivity contribution in [3.05, 3.63) is 72.0 Å². The minimum absolute atomic E-state index is 0. The maximum atomic E-state index is 13.5. The fraction of sp³-hybridized carbons (Fsp3) is 0.222. The number of carbonyl (C=O) groups excluding carboxylic acids is 1. The van der Waals surface area contributed by atoms with Crippen molar-refractivity contribution in [2.24, 2.45) is 0 Å². The fourth-order valence-corrected chi connectivity index (χ4v) is 4.50. The molecule has 7 nitrogen and oxygen atoms in total. The van der Waals surface area contributed by atoms with Crippen LogP contribution in [0.2, 0.25) is 0 Å². The smallest absolute Gasteiger partial charge is 0.405 e. The van der Waals surface area contributed by atoms with Gasteiger partial charge in [0.1, 0.15) is 23.0 Å². The van der Waals surface area contributed by atoms with Gasteiger partial charge >= 0.3 is 12.4 Å². The van der Waals surface area contributed by atoms with Gasteiger partial charge in [-0.15, -0.1) is 35.8 Å². The molecule has 0 saturated carbocycles. The highest BCUT2D eigenvalue weighted by Gasteiger charge is 2.34. The van der Waals surface area contributed by atoms with Crippen LogP contribution in [-0.4, -0.2) is 53.7 Å². The normalized spacial score (nSPS) is 13.6. The Morgan fingerprint density at radius 1 is 0.949 bits per heavy atom. The number of halogens is 5. The Morgan fingerprint density at radius 2 is 1.56 bits per heavy atom. The summed E-state index contributed by atoms with van der Waals surface area (Å²) < 4.78 is 58.0. The Morgan fingerprint density at radius 3 is 2.21 bits per heavy atom. The van der Waals surface area contributed by atoms with Crippen LogP contribution in [-0.2, 0) is 0 Å². The molecule has 5 rings (SSSR count). The molecule has 4 aromatic rings. The van der Waals surface area contributed by atoms with Gasteiger partial charge < -0.3 is 20.3 Å². The first-order valence-corrected chi connectivity index (χ1v) is 11.9. The SMILES string of the molecule is Cc1c(NC(=O)N2CCNCC2)ccc(OC(F)(F)F)c1-c1nnc(-c2ccc(F)cc2)c2ccccc12.Cl. The van der Waals surface area contributed by atoms with Crippen LogP contribution in [0.5, 0.6) is 5.75 Å². The Bertz CT molecular complexity index is 1490. The van der Waals surface area contributed by atoms with E-state index in [9.17, 15) is 22.4 Å². The van der Waals surface area contributed by atoms with E-state index >= 15 is 0 Å². The molecule has 3 aromatic carbocycles. The van der Waals surface area contributed by atoms with Crippen LogP contribution in [0, 0.1) is 12.7 Å². The maximum Gasteiger partial charge on any atom is 0.573 e. The number of nitrogens with one attached hydrogen (secondary N) is 2. The molecule has 2 N–H and O–H groups in total. The maximum absolute atomic E-state index is 13.5. The summed E-state index contributed by atoms with van der Waals surface area (Å²) in [5.41, 5.74) is 1.91. The second-order valence-electron chi connectivity index (χ2n) is 8.78. The van der Waals surface area contributed by atoms with Crippen molar-refractivity contribution in [3.63, 3.8) is 0 Å². The van der Waals surface area contributed by atoms with Crippen LogP contribution >= 0.6 is 12.4 Å². The van der Waals surface area contributed by atoms with E-state index in [1.807, 2.05) is 0 Å². The summed E-state index contributed by atoms with van der Waals surface area (Å²) in [5.74, 6) is -0.879. The number of anilines is 1. The molecule has 204 valence electrons. The molecular weight excluding hydrogens is 538 g/mol. The molecule has 1 aromatic heterocycles. The van der Waals surface area contributed by atoms with Crippen LogP contribution in [0.25, 0.3) is 33.3 Å². The van der Waals surface area contributed by atoms with Gasteiger partial charge in [0.2, 0.25) is 0 Å². The number of urea groups is 1. The summed E-state index contributed by atoms with van der Waals surface area (Å²) in [5, 5.41) is 15.7. The fourth-order valence-electron chi connectivity index (χ4n) is 4.50. The molecule has 0 aliphatic carbocycles. The van der Waals surface area contributed by atoms with Gasteiger partial charge in [-0.3, -0.25) is 0 Å². The minimum Gasteiger partial charge on any atom is -0.405 e. The minimum atomic E-state index is -4.95. The lowest BCUT2D eigenvalue weighted by molar-refractivity contribution is -0.274. The quantitative estimate of drug-likeness (QED) is 0.291. The monoisotopic (exact) mass is 561 g/mol. The van der Waals surface area contributed by atoms with E-state index in [2.05, 4.69) is 25.6 Å². The van der Waals surface area contributed by atoms with Crippen LogP contribution in [0.4, 0.5) is 28.0 Å². The van der Waals surface area contributed by atoms with Crippen molar-refractivity contribution in [3.8, 4) is 28.3 Å². The summed E-state index contributed by atoms with van der Waals surface area (Å²) in [6, 6.07) is 14.9. The van der Waals surface area contributed by atoms with Gasteiger partial charge in [-0.25, -0.2) is 9.18 Å². The highest BCUT2D eigenvalue weighted by atomic mass is 35.5. The Hall–Kier alpha value is -3.96. The molecule has 0 bridgehead atoms. The third-order valence-electron chi connectivity index (χ3n) is 6.34. The lowest BCUT2D eigenvalue weighted by Crippen LogP contribution is -2.48. The van der Waals surface area contributed by atoms with E-state index in [-0.39, 0.29) is 29.7 Å². The van der Waals surface area contributed by atoms with Gasteiger partial charge in [-0.1, -0.05) is 24.3 Å². The number of ether oxygens (including phenoxy) is 1. The predicted octanol–water partition coefficient (Wildman–Crippen LogP) is 6.17. The first kappa shape index (κ1) is 28.1. The van der Waals surface area contributed by atoms with Crippen LogP contribution < -0.4 is 15.4 Å². The molecule has 0 atom stereocenters. The zero-order chi connectivity index (χ0) is 26.9. The number of piperazine rings is 1. The number of amides is 2. The number of benzene rings is 3. The standard InChI is InChI=1S/C27H23F4N5O2.ClH/c1-16-21(33-26(37)36-14-12-32-13-15-36)10-11-22(38-27(29,30)31)23(16)25-20-5-3-2-4-19(20)24(34-35-25)17-6-8-18(28)9-7-17;/h2-11,32H,12-15H2,1H3,(H,33,37);1H. The molecule has 12 heteroatoms. The molecule has 1 saturated heterocycles. The van der Waals surface area contributed by atoms with Crippen LogP contribution in [0.15, 0.2) is 60.7 Å². The second kappa shape index (κ2) is 11.4. The third kappa shape index (κ3) is 6.04. The number of nitrogens with zero attached hydrogens (tertiary/aromatic N) is 3. The first-order chi connectivity index (χ1) is 18.2. The Kier molecular flexibility index (Phi) is 8.22. The average molecular weight is 562 g/mol. The van der Waals surface area contributed by atoms with Crippen molar-refractivity contribution in [2.75, 3.05) is 31.5 Å². The summed E-state index contributed by atoms with van der Waals surface area (Å²) in [6.07, 6.45) is -4.95. The van der Waals surface area contributed by atoms with E-state index in [0.717, 1.165) is 6.07 Å². The molecule has 0 unspecified atom stereocenters. The van der Waals surface area contributed by atoms with Gasteiger partial charge in [0.05, 0.1) is 5.56 Å². The first-order valence-electron chi connectivity index (χ1n) is 11.9. The number of rotatable bonds is 4. The predicted molar refractivity (Wildman–Crippen MR) is 142 cm³/mol. The van der Waals surface area contributed by atoms with Crippen LogP contribution in [0.3, 0.4) is 0 Å². The molecule has 0 radical (unpaired) electrons. The molecule has 1 fully saturated rings. The Balaban J connectivity index is 0.00000353. The average Bonchev–Trinajstić information content (AvgIpc) is 2.90. The Labute approximate surface area is 227 Å². The van der Waals surface area contributed by atoms with Crippen molar-refractivity contribution in [2.45, 2.75) is 13.3 Å². The lowest BCUT2D eigenvalue weighted by Gasteiger charge is -2.28. The summed E-state index contributed by atoms with van der Waals surface area (Å²) in [6.45, 7) is 3.91. The highest BCUT2D eigenvalue weighted by Crippen LogP contribution is 2.42. The van der Waals surface area contributed by atoms with E-state index in [1.165, 1.54) is 18.2 Å². The van der Waals surface area contributed by atoms with Crippen molar-refractivity contribution in [1.29, 1.82) is 0 Å². The topological polar surface area (TPSA) is 79.4 Å². The van der Waals surface area contributed by atoms with Gasteiger partial charge in [0, 0.05) is 48.2 Å². The van der Waals surface area contributed by atoms with E-state index in [4.69, 9.17) is 0 Å². The number of fused-ring (bicyclic) bond motifs is 1. The zero-order valence-corrected chi connectivity index (χ0v) is 21.5. The van der Waals surface area contributed by atoms with Gasteiger partial charge in [0.25, 0.3) is 0 Å². The summed E-state index contributed by atoms with van der Waals surface area (Å²) in [7, 11) is 0. The number of aromatic nitrogens is 2. The molecule has 1 aliphatic rings. The van der Waals surface area contributed by atoms with E-state index < -0.39 is 17.9 Å². The molecule has 0 spiro atoms. The highest BCUT2D eigenvalue weighted by molar-refractivity contribution is 6.03. The number of alkyl halides is 3. The van der Waals surface area contributed by atoms with Crippen molar-refractivity contribution >= 4 is 34.9 Å². The lowest BCUT2D eigenvalue weighted by atomic mass is 9.96. The second-order valence-corrected chi connectivity index (χ2v) is 8.78. The van der Waals surface area contributed by atoms with Crippen molar-refractivity contribution < 1.29 is 27.1 Å². The van der Waals surface area contributed by atoms with E-state index in [1.54, 1.807) is 48.2 Å². The van der Waals surface area contributed by atoms with Gasteiger partial charge in [0.15, 0.2) is 0 Å². The number of hydrogen-bond acceptors (Lipinski definition) is 5. The van der Waals surface area contributed by atoms with Gasteiger partial charge in [-0.2, -0.15) is 0 Å². The van der Waals surface area contributed by atoms with Crippen molar-refractivity contribution in [1.82, 2.24) is 20.4 Å². The molecule has 2 heterocycles. The largest absolute Gasteiger partial charge is 0.573 e. The zero-order valence-electron chi connectivity index (χ0n) is 20.7. The molecule has 1 aliphatic heterocycles. The molecule has 39 heavy (non-hydrogen) atoms. The molecule has 2 amide bonds. The van der Waals surface area contributed by atoms with E-state index in [0.29, 0.717) is 59.5 Å². The number of hydrogen-bond donors (Lipinski definition) is 2. The third-order valence-corrected chi connectivity index (χ3v) is 6.34. The van der Waals surface area contributed by atoms with Gasteiger partial charge in [-0.05, 0) is 48.9 Å². The number of carbonyl (C=O) groups is 1.